The molecule has 13 aromatic rings. The fourth-order valence-corrected chi connectivity index (χ4v) is 9.66. The van der Waals surface area contributed by atoms with Crippen LogP contribution in [0.15, 0.2) is 205 Å². The molecule has 0 N–H and O–H groups in total. The van der Waals surface area contributed by atoms with Crippen LogP contribution >= 0.6 is 0 Å². The third-order valence-electron chi connectivity index (χ3n) is 12.4. The molecule has 4 nitrogen and oxygen atoms in total. The maximum atomic E-state index is 6.45. The van der Waals surface area contributed by atoms with Gasteiger partial charge in [-0.2, -0.15) is 0 Å². The van der Waals surface area contributed by atoms with Crippen molar-refractivity contribution in [3.05, 3.63) is 200 Å². The van der Waals surface area contributed by atoms with Crippen molar-refractivity contribution in [3.63, 3.8) is 0 Å². The SMILES string of the molecule is CC.c1ccc2c(-c3ccc(-c4nc(-n5c6ccc7ccccc7c6c6cccc(-c7ccc8oc9ccc%10ccccc%10c9c8c7)c65)nc5ccccc45)cc3)cccc2c1. The van der Waals surface area contributed by atoms with Crippen molar-refractivity contribution >= 4 is 87.0 Å². The third kappa shape index (κ3) is 5.47. The molecule has 0 saturated heterocycles. The van der Waals surface area contributed by atoms with E-state index in [0.717, 1.165) is 71.6 Å². The first-order chi connectivity index (χ1) is 30.7. The van der Waals surface area contributed by atoms with Crippen LogP contribution in [0.3, 0.4) is 0 Å². The Labute approximate surface area is 358 Å². The minimum absolute atomic E-state index is 0.630. The zero-order valence-electron chi connectivity index (χ0n) is 34.3. The maximum Gasteiger partial charge on any atom is 0.235 e. The molecular weight excluding hydrogens is 755 g/mol. The number of aromatic nitrogens is 3. The summed E-state index contributed by atoms with van der Waals surface area (Å²) in [5.41, 5.74) is 11.3. The highest BCUT2D eigenvalue weighted by molar-refractivity contribution is 6.24. The number of fused-ring (bicyclic) bond motifs is 12. The van der Waals surface area contributed by atoms with Crippen LogP contribution in [0.1, 0.15) is 13.8 Å². The molecule has 0 unspecified atom stereocenters. The van der Waals surface area contributed by atoms with Crippen LogP contribution < -0.4 is 0 Å². The second-order valence-electron chi connectivity index (χ2n) is 15.7. The summed E-state index contributed by atoms with van der Waals surface area (Å²) in [4.78, 5) is 10.9. The van der Waals surface area contributed by atoms with Crippen molar-refractivity contribution in [3.8, 4) is 39.5 Å². The summed E-state index contributed by atoms with van der Waals surface area (Å²) < 4.78 is 8.74. The Bertz CT molecular complexity index is 3890. The van der Waals surface area contributed by atoms with E-state index in [1.54, 1.807) is 0 Å². The molecular formula is C58H39N3O. The summed E-state index contributed by atoms with van der Waals surface area (Å²) in [6, 6.07) is 71.4. The van der Waals surface area contributed by atoms with E-state index in [4.69, 9.17) is 14.4 Å². The van der Waals surface area contributed by atoms with Crippen molar-refractivity contribution < 1.29 is 4.42 Å². The monoisotopic (exact) mass is 793 g/mol. The zero-order valence-corrected chi connectivity index (χ0v) is 34.3. The molecule has 0 atom stereocenters. The van der Waals surface area contributed by atoms with Gasteiger partial charge in [-0.15, -0.1) is 0 Å². The lowest BCUT2D eigenvalue weighted by atomic mass is 9.96. The van der Waals surface area contributed by atoms with E-state index < -0.39 is 0 Å². The molecule has 0 aliphatic rings. The Balaban J connectivity index is 0.00000202. The van der Waals surface area contributed by atoms with Crippen LogP contribution in [0.4, 0.5) is 0 Å². The lowest BCUT2D eigenvalue weighted by Crippen LogP contribution is -2.04. The zero-order chi connectivity index (χ0) is 41.3. The summed E-state index contributed by atoms with van der Waals surface area (Å²) in [6.07, 6.45) is 0. The number of rotatable bonds is 4. The first-order valence-corrected chi connectivity index (χ1v) is 21.4. The van der Waals surface area contributed by atoms with Gasteiger partial charge in [0.2, 0.25) is 5.95 Å². The second-order valence-corrected chi connectivity index (χ2v) is 15.7. The van der Waals surface area contributed by atoms with Crippen LogP contribution in [-0.4, -0.2) is 14.5 Å². The maximum absolute atomic E-state index is 6.45. The average molecular weight is 794 g/mol. The van der Waals surface area contributed by atoms with Gasteiger partial charge in [0.1, 0.15) is 11.2 Å². The molecule has 0 spiro atoms. The van der Waals surface area contributed by atoms with Crippen LogP contribution in [0.25, 0.3) is 126 Å². The van der Waals surface area contributed by atoms with E-state index in [2.05, 4.69) is 205 Å². The van der Waals surface area contributed by atoms with Crippen molar-refractivity contribution in [1.82, 2.24) is 14.5 Å². The van der Waals surface area contributed by atoms with Gasteiger partial charge in [-0.25, -0.2) is 9.97 Å². The minimum Gasteiger partial charge on any atom is -0.456 e. The molecule has 0 aliphatic heterocycles. The molecule has 10 aromatic carbocycles. The summed E-state index contributed by atoms with van der Waals surface area (Å²) in [5.74, 6) is 0.630. The molecule has 0 aliphatic carbocycles. The van der Waals surface area contributed by atoms with E-state index in [1.807, 2.05) is 13.8 Å². The summed E-state index contributed by atoms with van der Waals surface area (Å²) in [7, 11) is 0. The Morgan fingerprint density at radius 1 is 0.387 bits per heavy atom. The first kappa shape index (κ1) is 35.8. The molecule has 0 fully saturated rings. The van der Waals surface area contributed by atoms with Gasteiger partial charge in [0.05, 0.1) is 22.2 Å². The molecule has 0 amide bonds. The van der Waals surface area contributed by atoms with Gasteiger partial charge in [-0.05, 0) is 79.3 Å². The Morgan fingerprint density at radius 3 is 1.74 bits per heavy atom. The van der Waals surface area contributed by atoms with Crippen LogP contribution in [0.5, 0.6) is 0 Å². The van der Waals surface area contributed by atoms with Crippen LogP contribution in [-0.2, 0) is 0 Å². The third-order valence-corrected chi connectivity index (χ3v) is 12.4. The summed E-state index contributed by atoms with van der Waals surface area (Å²) in [6.45, 7) is 4.00. The second kappa shape index (κ2) is 14.3. The van der Waals surface area contributed by atoms with Gasteiger partial charge in [0.15, 0.2) is 0 Å². The fourth-order valence-electron chi connectivity index (χ4n) is 9.66. The molecule has 292 valence electrons. The fraction of sp³-hybridized carbons (Fsp3) is 0.0345. The predicted octanol–water partition coefficient (Wildman–Crippen LogP) is 16.1. The van der Waals surface area contributed by atoms with Crippen molar-refractivity contribution in [2.75, 3.05) is 0 Å². The Hall–Kier alpha value is -8.08. The van der Waals surface area contributed by atoms with Crippen molar-refractivity contribution in [1.29, 1.82) is 0 Å². The van der Waals surface area contributed by atoms with Gasteiger partial charge in [-0.3, -0.25) is 4.57 Å². The topological polar surface area (TPSA) is 43.9 Å². The van der Waals surface area contributed by atoms with Gasteiger partial charge in [-0.1, -0.05) is 184 Å². The molecule has 0 radical (unpaired) electrons. The minimum atomic E-state index is 0.630. The van der Waals surface area contributed by atoms with Gasteiger partial charge in [0, 0.05) is 38.1 Å². The van der Waals surface area contributed by atoms with Crippen molar-refractivity contribution in [2.45, 2.75) is 13.8 Å². The standard InChI is InChI=1S/C56H33N3O.C2H6/c1-4-15-40-34(11-1)14-9-19-41(40)37-23-25-38(26-24-37)54-45-18-7-8-22-48(45)57-56(58-54)59-49-30-27-35-12-2-5-16-42(35)52(49)46-21-10-20-44(55(46)59)39-29-31-50-47(33-39)53-43-17-6-3-13-36(43)28-32-51(53)60-50;1-2/h1-33H;1-2H3. The highest BCUT2D eigenvalue weighted by Gasteiger charge is 2.22. The van der Waals surface area contributed by atoms with Crippen LogP contribution in [0, 0.1) is 0 Å². The van der Waals surface area contributed by atoms with Gasteiger partial charge in [0.25, 0.3) is 0 Å². The smallest absolute Gasteiger partial charge is 0.235 e. The van der Waals surface area contributed by atoms with E-state index >= 15 is 0 Å². The quantitative estimate of drug-likeness (QED) is 0.178. The van der Waals surface area contributed by atoms with Gasteiger partial charge < -0.3 is 4.42 Å². The van der Waals surface area contributed by atoms with Crippen LogP contribution in [0.2, 0.25) is 0 Å². The van der Waals surface area contributed by atoms with E-state index in [9.17, 15) is 0 Å². The normalized spacial score (nSPS) is 11.7. The molecule has 0 saturated carbocycles. The Kier molecular flexibility index (Phi) is 8.26. The number of hydrogen-bond acceptors (Lipinski definition) is 3. The van der Waals surface area contributed by atoms with Gasteiger partial charge >= 0.3 is 0 Å². The molecule has 3 heterocycles. The summed E-state index contributed by atoms with van der Waals surface area (Å²) in [5, 5.41) is 12.8. The lowest BCUT2D eigenvalue weighted by Gasteiger charge is -2.14. The molecule has 4 heteroatoms. The largest absolute Gasteiger partial charge is 0.456 e. The predicted molar refractivity (Wildman–Crippen MR) is 261 cm³/mol. The summed E-state index contributed by atoms with van der Waals surface area (Å²) >= 11 is 0. The average Bonchev–Trinajstić information content (AvgIpc) is 3.90. The lowest BCUT2D eigenvalue weighted by molar-refractivity contribution is 0.669. The van der Waals surface area contributed by atoms with E-state index in [0.29, 0.717) is 5.95 Å². The molecule has 62 heavy (non-hydrogen) atoms. The highest BCUT2D eigenvalue weighted by atomic mass is 16.3. The highest BCUT2D eigenvalue weighted by Crippen LogP contribution is 2.43. The molecule has 3 aromatic heterocycles. The van der Waals surface area contributed by atoms with E-state index in [1.165, 1.54) is 48.8 Å². The van der Waals surface area contributed by atoms with Crippen molar-refractivity contribution in [2.24, 2.45) is 0 Å². The number of furan rings is 1. The first-order valence-electron chi connectivity index (χ1n) is 21.4. The number of benzene rings is 10. The Morgan fingerprint density at radius 2 is 0.952 bits per heavy atom. The van der Waals surface area contributed by atoms with E-state index in [-0.39, 0.29) is 0 Å². The molecule has 13 rings (SSSR count). The number of para-hydroxylation sites is 2. The number of hydrogen-bond donors (Lipinski definition) is 0. The molecule has 0 bridgehead atoms. The number of nitrogens with zero attached hydrogens (tertiary/aromatic N) is 3.